The topological polar surface area (TPSA) is 174 Å². The van der Waals surface area contributed by atoms with E-state index in [2.05, 4.69) is 5.32 Å². The van der Waals surface area contributed by atoms with Gasteiger partial charge in [0, 0.05) is 39.0 Å². The van der Waals surface area contributed by atoms with E-state index in [1.807, 2.05) is 10.9 Å². The smallest absolute Gasteiger partial charge is 0.233 e. The SMILES string of the molecule is NCCNCCN.NNC(=O)CCCCC(=O)NN. The van der Waals surface area contributed by atoms with Crippen molar-refractivity contribution in [2.24, 2.45) is 23.2 Å². The van der Waals surface area contributed by atoms with E-state index in [1.165, 1.54) is 0 Å². The van der Waals surface area contributed by atoms with E-state index in [-0.39, 0.29) is 11.8 Å². The summed E-state index contributed by atoms with van der Waals surface area (Å²) in [6, 6.07) is 0. The zero-order valence-corrected chi connectivity index (χ0v) is 11.3. The van der Waals surface area contributed by atoms with Crippen LogP contribution >= 0.6 is 0 Å². The normalized spacial score (nSPS) is 9.26. The number of carbonyl (C=O) groups is 2. The van der Waals surface area contributed by atoms with Gasteiger partial charge in [-0.1, -0.05) is 0 Å². The van der Waals surface area contributed by atoms with Crippen molar-refractivity contribution in [3.63, 3.8) is 0 Å². The highest BCUT2D eigenvalue weighted by atomic mass is 16.2. The second-order valence-corrected chi connectivity index (χ2v) is 3.67. The van der Waals surface area contributed by atoms with E-state index in [4.69, 9.17) is 23.2 Å². The number of hydrogen-bond acceptors (Lipinski definition) is 7. The lowest BCUT2D eigenvalue weighted by Crippen LogP contribution is -2.30. The molecule has 0 bridgehead atoms. The van der Waals surface area contributed by atoms with Crippen LogP contribution in [0.25, 0.3) is 0 Å². The number of hydrogen-bond donors (Lipinski definition) is 7. The summed E-state index contributed by atoms with van der Waals surface area (Å²) in [6.07, 6.45) is 1.95. The third-order valence-electron chi connectivity index (χ3n) is 2.02. The van der Waals surface area contributed by atoms with Crippen LogP contribution < -0.4 is 39.3 Å². The zero-order valence-electron chi connectivity index (χ0n) is 11.3. The second kappa shape index (κ2) is 16.7. The maximum absolute atomic E-state index is 10.6. The lowest BCUT2D eigenvalue weighted by Gasteiger charge is -1.99. The monoisotopic (exact) mass is 277 g/mol. The zero-order chi connectivity index (χ0) is 14.9. The summed E-state index contributed by atoms with van der Waals surface area (Å²) in [5.74, 6) is 9.24. The first-order valence-electron chi connectivity index (χ1n) is 6.22. The number of nitrogens with two attached hydrogens (primary N) is 4. The Morgan fingerprint density at radius 2 is 1.16 bits per heavy atom. The van der Waals surface area contributed by atoms with Crippen LogP contribution in [-0.4, -0.2) is 38.0 Å². The van der Waals surface area contributed by atoms with Gasteiger partial charge in [0.1, 0.15) is 0 Å². The number of nitrogens with one attached hydrogen (secondary N) is 3. The van der Waals surface area contributed by atoms with Crippen molar-refractivity contribution < 1.29 is 9.59 Å². The Morgan fingerprint density at radius 3 is 1.42 bits per heavy atom. The molecule has 0 spiro atoms. The molecular weight excluding hydrogens is 250 g/mol. The Balaban J connectivity index is 0. The number of hydrazine groups is 2. The molecule has 0 aromatic carbocycles. The van der Waals surface area contributed by atoms with Gasteiger partial charge in [0.15, 0.2) is 0 Å². The first-order chi connectivity index (χ1) is 9.12. The number of amides is 2. The van der Waals surface area contributed by atoms with Gasteiger partial charge in [0.05, 0.1) is 0 Å². The minimum atomic E-state index is -0.219. The van der Waals surface area contributed by atoms with Crippen LogP contribution in [0.2, 0.25) is 0 Å². The Hall–Kier alpha value is -1.26. The van der Waals surface area contributed by atoms with Crippen LogP contribution in [0, 0.1) is 0 Å². The molecule has 114 valence electrons. The number of carbonyl (C=O) groups excluding carboxylic acids is 2. The second-order valence-electron chi connectivity index (χ2n) is 3.67. The van der Waals surface area contributed by atoms with Crippen molar-refractivity contribution >= 4 is 11.8 Å². The first-order valence-corrected chi connectivity index (χ1v) is 6.22. The molecule has 0 aliphatic carbocycles. The fraction of sp³-hybridized carbons (Fsp3) is 0.800. The highest BCUT2D eigenvalue weighted by Gasteiger charge is 2.00. The van der Waals surface area contributed by atoms with Crippen molar-refractivity contribution in [3.8, 4) is 0 Å². The summed E-state index contributed by atoms with van der Waals surface area (Å²) in [7, 11) is 0. The summed E-state index contributed by atoms with van der Waals surface area (Å²) in [5, 5.41) is 3.03. The predicted molar refractivity (Wildman–Crippen MR) is 74.1 cm³/mol. The average Bonchev–Trinajstić information content (AvgIpc) is 2.44. The van der Waals surface area contributed by atoms with Gasteiger partial charge in [0.2, 0.25) is 11.8 Å². The van der Waals surface area contributed by atoms with Gasteiger partial charge in [-0.15, -0.1) is 0 Å². The van der Waals surface area contributed by atoms with Gasteiger partial charge in [-0.05, 0) is 12.8 Å². The highest BCUT2D eigenvalue weighted by molar-refractivity contribution is 5.76. The lowest BCUT2D eigenvalue weighted by atomic mass is 10.2. The molecule has 9 nitrogen and oxygen atoms in total. The molecule has 0 radical (unpaired) electrons. The van der Waals surface area contributed by atoms with Crippen LogP contribution in [0.15, 0.2) is 0 Å². The van der Waals surface area contributed by atoms with E-state index >= 15 is 0 Å². The van der Waals surface area contributed by atoms with E-state index in [0.29, 0.717) is 38.8 Å². The maximum atomic E-state index is 10.6. The molecule has 9 heteroatoms. The Labute approximate surface area is 113 Å². The summed E-state index contributed by atoms with van der Waals surface area (Å²) in [5.41, 5.74) is 14.3. The van der Waals surface area contributed by atoms with Crippen LogP contribution in [0.5, 0.6) is 0 Å². The molecule has 0 saturated carbocycles. The summed E-state index contributed by atoms with van der Waals surface area (Å²) < 4.78 is 0. The van der Waals surface area contributed by atoms with E-state index in [0.717, 1.165) is 13.1 Å². The van der Waals surface area contributed by atoms with Gasteiger partial charge in [-0.25, -0.2) is 11.7 Å². The van der Waals surface area contributed by atoms with Crippen molar-refractivity contribution in [1.82, 2.24) is 16.2 Å². The standard InChI is InChI=1S/C6H14N4O2.C4H13N3/c7-9-5(11)3-1-2-4-6(12)10-8;5-1-3-7-4-2-6/h1-4,7-8H2,(H,9,11)(H,10,12);7H,1-6H2. The molecule has 0 saturated heterocycles. The van der Waals surface area contributed by atoms with Gasteiger partial charge in [-0.2, -0.15) is 0 Å². The quantitative estimate of drug-likeness (QED) is 0.102. The molecular formula is C10H27N7O2. The van der Waals surface area contributed by atoms with Crippen molar-refractivity contribution in [2.75, 3.05) is 26.2 Å². The summed E-state index contributed by atoms with van der Waals surface area (Å²) in [4.78, 5) is 21.1. The largest absolute Gasteiger partial charge is 0.329 e. The molecule has 0 aromatic rings. The molecule has 2 amide bonds. The fourth-order valence-corrected chi connectivity index (χ4v) is 1.04. The molecule has 11 N–H and O–H groups in total. The molecule has 0 heterocycles. The first kappa shape index (κ1) is 20.1. The summed E-state index contributed by atoms with van der Waals surface area (Å²) in [6.45, 7) is 3.13. The van der Waals surface area contributed by atoms with Crippen molar-refractivity contribution in [3.05, 3.63) is 0 Å². The van der Waals surface area contributed by atoms with Crippen LogP contribution in [0.4, 0.5) is 0 Å². The lowest BCUT2D eigenvalue weighted by molar-refractivity contribution is -0.123. The van der Waals surface area contributed by atoms with Gasteiger partial charge in [0.25, 0.3) is 0 Å². The van der Waals surface area contributed by atoms with Crippen LogP contribution in [0.1, 0.15) is 25.7 Å². The van der Waals surface area contributed by atoms with Crippen LogP contribution in [-0.2, 0) is 9.59 Å². The fourth-order valence-electron chi connectivity index (χ4n) is 1.04. The molecule has 0 aliphatic rings. The van der Waals surface area contributed by atoms with Crippen LogP contribution in [0.3, 0.4) is 0 Å². The molecule has 0 rings (SSSR count). The van der Waals surface area contributed by atoms with Gasteiger partial charge < -0.3 is 16.8 Å². The molecule has 0 aromatic heterocycles. The number of unbranched alkanes of at least 4 members (excludes halogenated alkanes) is 1. The van der Waals surface area contributed by atoms with E-state index < -0.39 is 0 Å². The molecule has 0 atom stereocenters. The summed E-state index contributed by atoms with van der Waals surface area (Å²) >= 11 is 0. The molecule has 19 heavy (non-hydrogen) atoms. The number of rotatable bonds is 9. The van der Waals surface area contributed by atoms with E-state index in [1.54, 1.807) is 0 Å². The molecule has 0 fully saturated rings. The Bertz CT molecular complexity index is 204. The Morgan fingerprint density at radius 1 is 0.789 bits per heavy atom. The maximum Gasteiger partial charge on any atom is 0.233 e. The molecule has 0 aliphatic heterocycles. The minimum absolute atomic E-state index is 0.219. The minimum Gasteiger partial charge on any atom is -0.329 e. The van der Waals surface area contributed by atoms with Crippen molar-refractivity contribution in [2.45, 2.75) is 25.7 Å². The van der Waals surface area contributed by atoms with E-state index in [9.17, 15) is 9.59 Å². The predicted octanol–water partition coefficient (Wildman–Crippen LogP) is -2.98. The third-order valence-corrected chi connectivity index (χ3v) is 2.02. The van der Waals surface area contributed by atoms with Gasteiger partial charge in [-0.3, -0.25) is 20.4 Å². The Kier molecular flexibility index (Phi) is 17.7. The van der Waals surface area contributed by atoms with Gasteiger partial charge >= 0.3 is 0 Å². The average molecular weight is 277 g/mol. The van der Waals surface area contributed by atoms with Crippen molar-refractivity contribution in [1.29, 1.82) is 0 Å². The molecule has 0 unspecified atom stereocenters. The highest BCUT2D eigenvalue weighted by Crippen LogP contribution is 1.98. The third kappa shape index (κ3) is 19.3.